The van der Waals surface area contributed by atoms with Gasteiger partial charge in [0.15, 0.2) is 0 Å². The van der Waals surface area contributed by atoms with Gasteiger partial charge in [-0.2, -0.15) is 0 Å². The number of nitrogens with one attached hydrogen (secondary N) is 2. The van der Waals surface area contributed by atoms with Crippen molar-refractivity contribution in [1.29, 1.82) is 0 Å². The number of amides is 1. The van der Waals surface area contributed by atoms with Crippen LogP contribution in [0.15, 0.2) is 71.5 Å². The van der Waals surface area contributed by atoms with Gasteiger partial charge in [0, 0.05) is 23.3 Å². The van der Waals surface area contributed by atoms with Crippen molar-refractivity contribution in [1.82, 2.24) is 20.4 Å². The summed E-state index contributed by atoms with van der Waals surface area (Å²) < 4.78 is 5.45. The molecular weight excluding hydrogens is 400 g/mol. The molecule has 0 bridgehead atoms. The molecule has 2 aromatic carbocycles. The van der Waals surface area contributed by atoms with Crippen molar-refractivity contribution >= 4 is 16.9 Å². The molecule has 0 saturated heterocycles. The van der Waals surface area contributed by atoms with Crippen molar-refractivity contribution in [2.45, 2.75) is 19.9 Å². The van der Waals surface area contributed by atoms with E-state index in [4.69, 9.17) is 4.52 Å². The average molecular weight is 420 g/mol. The smallest absolute Gasteiger partial charge is 0.252 e. The Labute approximate surface area is 184 Å². The summed E-state index contributed by atoms with van der Waals surface area (Å²) in [5.41, 5.74) is 8.61. The van der Waals surface area contributed by atoms with Crippen molar-refractivity contribution in [3.05, 3.63) is 95.1 Å². The summed E-state index contributed by atoms with van der Waals surface area (Å²) in [4.78, 5) is 20.7. The maximum atomic E-state index is 13.4. The zero-order valence-electron chi connectivity index (χ0n) is 17.6. The number of rotatable bonds is 3. The first-order valence-corrected chi connectivity index (χ1v) is 10.5. The number of fused-ring (bicyclic) bond motifs is 4. The number of hydrogen-bond donors (Lipinski definition) is 2. The zero-order chi connectivity index (χ0) is 21.8. The molecule has 1 amide bonds. The lowest BCUT2D eigenvalue weighted by molar-refractivity contribution is 0.0945. The third-order valence-electron chi connectivity index (χ3n) is 6.23. The molecule has 1 atom stereocenters. The Morgan fingerprint density at radius 3 is 2.62 bits per heavy atom. The van der Waals surface area contributed by atoms with E-state index in [1.54, 1.807) is 18.5 Å². The number of aryl methyl sites for hydroxylation is 2. The molecule has 3 heterocycles. The van der Waals surface area contributed by atoms with E-state index >= 15 is 0 Å². The molecule has 5 aromatic rings. The fourth-order valence-corrected chi connectivity index (χ4v) is 4.85. The molecule has 3 aromatic heterocycles. The fourth-order valence-electron chi connectivity index (χ4n) is 4.85. The second kappa shape index (κ2) is 6.92. The van der Waals surface area contributed by atoms with Gasteiger partial charge in [0.05, 0.1) is 17.3 Å². The molecule has 0 saturated carbocycles. The highest BCUT2D eigenvalue weighted by Crippen LogP contribution is 2.49. The summed E-state index contributed by atoms with van der Waals surface area (Å²) in [5.74, 6) is 0.653. The van der Waals surface area contributed by atoms with Crippen LogP contribution in [0, 0.1) is 13.8 Å². The number of pyridine rings is 1. The first kappa shape index (κ1) is 18.6. The molecule has 1 aliphatic carbocycles. The van der Waals surface area contributed by atoms with Crippen LogP contribution in [0.4, 0.5) is 0 Å². The minimum absolute atomic E-state index is 0.132. The van der Waals surface area contributed by atoms with E-state index < -0.39 is 0 Å². The lowest BCUT2D eigenvalue weighted by atomic mass is 9.93. The van der Waals surface area contributed by atoms with E-state index in [1.807, 2.05) is 38.1 Å². The third kappa shape index (κ3) is 2.62. The largest absolute Gasteiger partial charge is 0.361 e. The van der Waals surface area contributed by atoms with Crippen molar-refractivity contribution in [2.75, 3.05) is 0 Å². The molecule has 1 aliphatic rings. The summed E-state index contributed by atoms with van der Waals surface area (Å²) >= 11 is 0. The van der Waals surface area contributed by atoms with Gasteiger partial charge in [-0.25, -0.2) is 4.98 Å². The predicted molar refractivity (Wildman–Crippen MR) is 122 cm³/mol. The second-order valence-corrected chi connectivity index (χ2v) is 8.06. The Hall–Kier alpha value is -4.19. The SMILES string of the molecule is Cc1noc(C)c1-c1cccc2c1-c1ccccc1C2NC(=O)c1ccnc2[nH]ccc12. The monoisotopic (exact) mass is 420 g/mol. The Balaban J connectivity index is 1.50. The van der Waals surface area contributed by atoms with Gasteiger partial charge in [-0.1, -0.05) is 47.6 Å². The Kier molecular flexibility index (Phi) is 4.01. The standard InChI is InChI=1S/C26H20N4O2/c1-14-22(15(2)32-30-14)20-8-5-9-21-23(20)16-6-3-4-7-17(16)24(21)29-26(31)19-11-13-28-25-18(19)10-12-27-25/h3-13,24H,1-2H3,(H,27,28)(H,29,31). The molecule has 0 aliphatic heterocycles. The molecular formula is C26H20N4O2. The lowest BCUT2D eigenvalue weighted by Crippen LogP contribution is -2.28. The minimum atomic E-state index is -0.253. The van der Waals surface area contributed by atoms with Crippen LogP contribution >= 0.6 is 0 Å². The van der Waals surface area contributed by atoms with Crippen LogP contribution in [-0.4, -0.2) is 21.0 Å². The summed E-state index contributed by atoms with van der Waals surface area (Å²) in [6.07, 6.45) is 3.45. The van der Waals surface area contributed by atoms with Crippen LogP contribution in [0.3, 0.4) is 0 Å². The van der Waals surface area contributed by atoms with E-state index in [2.05, 4.69) is 44.7 Å². The lowest BCUT2D eigenvalue weighted by Gasteiger charge is -2.17. The highest BCUT2D eigenvalue weighted by atomic mass is 16.5. The van der Waals surface area contributed by atoms with Gasteiger partial charge in [0.1, 0.15) is 11.4 Å². The van der Waals surface area contributed by atoms with E-state index in [-0.39, 0.29) is 11.9 Å². The average Bonchev–Trinajstić information content (AvgIpc) is 3.50. The number of aromatic nitrogens is 3. The first-order valence-electron chi connectivity index (χ1n) is 10.5. The summed E-state index contributed by atoms with van der Waals surface area (Å²) in [6, 6.07) is 17.8. The van der Waals surface area contributed by atoms with E-state index in [9.17, 15) is 4.79 Å². The molecule has 156 valence electrons. The molecule has 2 N–H and O–H groups in total. The van der Waals surface area contributed by atoms with E-state index in [1.165, 1.54) is 0 Å². The number of carbonyl (C=O) groups is 1. The number of carbonyl (C=O) groups excluding carboxylic acids is 1. The second-order valence-electron chi connectivity index (χ2n) is 8.06. The molecule has 6 rings (SSSR count). The number of aromatic amines is 1. The molecule has 1 unspecified atom stereocenters. The Bertz CT molecular complexity index is 1490. The predicted octanol–water partition coefficient (Wildman–Crippen LogP) is 5.33. The van der Waals surface area contributed by atoms with Crippen LogP contribution in [-0.2, 0) is 0 Å². The molecule has 6 nitrogen and oxygen atoms in total. The molecule has 6 heteroatoms. The van der Waals surface area contributed by atoms with Crippen molar-refractivity contribution in [2.24, 2.45) is 0 Å². The van der Waals surface area contributed by atoms with Crippen molar-refractivity contribution in [3.63, 3.8) is 0 Å². The van der Waals surface area contributed by atoms with Gasteiger partial charge in [-0.05, 0) is 53.8 Å². The van der Waals surface area contributed by atoms with Gasteiger partial charge in [0.25, 0.3) is 5.91 Å². The van der Waals surface area contributed by atoms with Gasteiger partial charge in [0.2, 0.25) is 0 Å². The Morgan fingerprint density at radius 1 is 0.969 bits per heavy atom. The van der Waals surface area contributed by atoms with Crippen LogP contribution in [0.1, 0.15) is 39.0 Å². The quantitative estimate of drug-likeness (QED) is 0.413. The first-order chi connectivity index (χ1) is 15.6. The van der Waals surface area contributed by atoms with E-state index in [0.29, 0.717) is 11.2 Å². The molecule has 0 radical (unpaired) electrons. The zero-order valence-corrected chi connectivity index (χ0v) is 17.6. The van der Waals surface area contributed by atoms with Gasteiger partial charge >= 0.3 is 0 Å². The molecule has 0 spiro atoms. The molecule has 0 fully saturated rings. The number of benzene rings is 2. The van der Waals surface area contributed by atoms with Crippen LogP contribution in [0.5, 0.6) is 0 Å². The van der Waals surface area contributed by atoms with Crippen LogP contribution < -0.4 is 5.32 Å². The minimum Gasteiger partial charge on any atom is -0.361 e. The molecule has 32 heavy (non-hydrogen) atoms. The number of H-pyrrole nitrogens is 1. The van der Waals surface area contributed by atoms with E-state index in [0.717, 1.165) is 50.2 Å². The highest BCUT2D eigenvalue weighted by molar-refractivity contribution is 6.06. The van der Waals surface area contributed by atoms with Gasteiger partial charge in [-0.15, -0.1) is 0 Å². The van der Waals surface area contributed by atoms with Crippen molar-refractivity contribution in [3.8, 4) is 22.3 Å². The highest BCUT2D eigenvalue weighted by Gasteiger charge is 2.33. The van der Waals surface area contributed by atoms with Gasteiger partial charge < -0.3 is 14.8 Å². The normalized spacial score (nSPS) is 14.4. The maximum Gasteiger partial charge on any atom is 0.252 e. The fraction of sp³-hybridized carbons (Fsp3) is 0.115. The van der Waals surface area contributed by atoms with Crippen LogP contribution in [0.25, 0.3) is 33.3 Å². The third-order valence-corrected chi connectivity index (χ3v) is 6.23. The number of hydrogen-bond acceptors (Lipinski definition) is 4. The Morgan fingerprint density at radius 2 is 1.78 bits per heavy atom. The summed E-state index contributed by atoms with van der Waals surface area (Å²) in [6.45, 7) is 3.89. The number of nitrogens with zero attached hydrogens (tertiary/aromatic N) is 2. The topological polar surface area (TPSA) is 83.8 Å². The summed E-state index contributed by atoms with van der Waals surface area (Å²) in [5, 5.41) is 8.23. The van der Waals surface area contributed by atoms with Gasteiger partial charge in [-0.3, -0.25) is 4.79 Å². The maximum absolute atomic E-state index is 13.4. The van der Waals surface area contributed by atoms with Crippen LogP contribution in [0.2, 0.25) is 0 Å². The summed E-state index contributed by atoms with van der Waals surface area (Å²) in [7, 11) is 0. The van der Waals surface area contributed by atoms with Crippen molar-refractivity contribution < 1.29 is 9.32 Å².